The monoisotopic (exact) mass is 369 g/mol. The molecule has 1 aromatic heterocycles. The quantitative estimate of drug-likeness (QED) is 0.699. The lowest BCUT2D eigenvalue weighted by molar-refractivity contribution is 0.0600. The molecule has 1 heterocycles. The number of hydrogen-bond acceptors (Lipinski definition) is 5. The first-order valence-electron chi connectivity index (χ1n) is 7.91. The van der Waals surface area contributed by atoms with Gasteiger partial charge < -0.3 is 14.8 Å². The Kier molecular flexibility index (Phi) is 5.16. The van der Waals surface area contributed by atoms with E-state index in [-0.39, 0.29) is 17.3 Å². The van der Waals surface area contributed by atoms with Crippen molar-refractivity contribution in [2.75, 3.05) is 19.5 Å². The van der Waals surface area contributed by atoms with Crippen molar-refractivity contribution in [2.24, 2.45) is 0 Å². The average molecular weight is 369 g/mol. The van der Waals surface area contributed by atoms with Crippen LogP contribution in [0, 0.1) is 5.82 Å². The van der Waals surface area contributed by atoms with Gasteiger partial charge >= 0.3 is 5.97 Å². The summed E-state index contributed by atoms with van der Waals surface area (Å²) in [6.45, 7) is 0. The second-order valence-corrected chi connectivity index (χ2v) is 5.49. The predicted molar refractivity (Wildman–Crippen MR) is 95.8 cm³/mol. The maximum atomic E-state index is 13.1. The molecule has 7 nitrogen and oxygen atoms in total. The van der Waals surface area contributed by atoms with Gasteiger partial charge in [0, 0.05) is 5.69 Å². The van der Waals surface area contributed by atoms with Gasteiger partial charge in [0.05, 0.1) is 31.7 Å². The minimum atomic E-state index is -0.487. The number of aromatic nitrogens is 2. The first-order chi connectivity index (χ1) is 13.0. The van der Waals surface area contributed by atoms with Crippen LogP contribution in [0.4, 0.5) is 10.1 Å². The van der Waals surface area contributed by atoms with E-state index in [2.05, 4.69) is 15.2 Å². The molecule has 0 fully saturated rings. The van der Waals surface area contributed by atoms with Crippen LogP contribution in [0.1, 0.15) is 20.8 Å². The lowest BCUT2D eigenvalue weighted by Gasteiger charge is -2.05. The highest BCUT2D eigenvalue weighted by Gasteiger charge is 2.19. The maximum absolute atomic E-state index is 13.1. The smallest absolute Gasteiger partial charge is 0.337 e. The molecule has 0 aliphatic rings. The Morgan fingerprint density at radius 3 is 2.30 bits per heavy atom. The molecule has 3 rings (SSSR count). The minimum Gasteiger partial charge on any atom is -0.493 e. The molecule has 138 valence electrons. The van der Waals surface area contributed by atoms with Crippen molar-refractivity contribution in [1.82, 2.24) is 9.78 Å². The van der Waals surface area contributed by atoms with Crippen molar-refractivity contribution in [1.29, 1.82) is 0 Å². The molecule has 27 heavy (non-hydrogen) atoms. The van der Waals surface area contributed by atoms with Crippen LogP contribution in [0.2, 0.25) is 0 Å². The first kappa shape index (κ1) is 18.1. The number of ether oxygens (including phenoxy) is 2. The topological polar surface area (TPSA) is 82.5 Å². The Morgan fingerprint density at radius 1 is 1.04 bits per heavy atom. The van der Waals surface area contributed by atoms with E-state index < -0.39 is 11.9 Å². The van der Waals surface area contributed by atoms with Crippen molar-refractivity contribution >= 4 is 17.6 Å². The van der Waals surface area contributed by atoms with E-state index in [1.54, 1.807) is 12.1 Å². The summed E-state index contributed by atoms with van der Waals surface area (Å²) in [6, 6.07) is 11.9. The van der Waals surface area contributed by atoms with Gasteiger partial charge in [-0.2, -0.15) is 5.10 Å². The Balaban J connectivity index is 1.82. The van der Waals surface area contributed by atoms with Gasteiger partial charge in [-0.05, 0) is 48.5 Å². The van der Waals surface area contributed by atoms with E-state index in [4.69, 9.17) is 4.74 Å². The molecule has 0 aliphatic carbocycles. The molecule has 0 bridgehead atoms. The summed E-state index contributed by atoms with van der Waals surface area (Å²) in [6.07, 6.45) is 1.53. The number of carbonyl (C=O) groups is 2. The molecule has 0 unspecified atom stereocenters. The molecule has 3 aromatic rings. The average Bonchev–Trinajstić information content (AvgIpc) is 3.13. The number of nitrogens with zero attached hydrogens (tertiary/aromatic N) is 2. The molecule has 1 N–H and O–H groups in total. The third kappa shape index (κ3) is 3.95. The summed E-state index contributed by atoms with van der Waals surface area (Å²) in [5.41, 5.74) is 1.50. The molecule has 0 aliphatic heterocycles. The van der Waals surface area contributed by atoms with Gasteiger partial charge in [0.1, 0.15) is 5.82 Å². The zero-order chi connectivity index (χ0) is 19.4. The van der Waals surface area contributed by atoms with Gasteiger partial charge in [-0.25, -0.2) is 13.9 Å². The van der Waals surface area contributed by atoms with Crippen LogP contribution in [0.3, 0.4) is 0 Å². The number of carbonyl (C=O) groups excluding carboxylic acids is 2. The largest absolute Gasteiger partial charge is 0.493 e. The van der Waals surface area contributed by atoms with Crippen LogP contribution >= 0.6 is 0 Å². The van der Waals surface area contributed by atoms with Crippen LogP contribution in [-0.4, -0.2) is 35.9 Å². The SMILES string of the molecule is COC(=O)c1ccc(NC(=O)c2nn(-c3ccc(F)cc3)cc2OC)cc1. The number of hydrogen-bond donors (Lipinski definition) is 1. The number of methoxy groups -OCH3 is 2. The van der Waals surface area contributed by atoms with Gasteiger partial charge in [-0.15, -0.1) is 0 Å². The molecule has 0 atom stereocenters. The first-order valence-corrected chi connectivity index (χ1v) is 7.91. The Morgan fingerprint density at radius 2 is 1.70 bits per heavy atom. The van der Waals surface area contributed by atoms with Crippen molar-refractivity contribution in [3.05, 3.63) is 71.8 Å². The van der Waals surface area contributed by atoms with E-state index >= 15 is 0 Å². The van der Waals surface area contributed by atoms with Crippen LogP contribution in [-0.2, 0) is 4.74 Å². The minimum absolute atomic E-state index is 0.0684. The number of halogens is 1. The summed E-state index contributed by atoms with van der Waals surface area (Å²) in [4.78, 5) is 24.0. The second-order valence-electron chi connectivity index (χ2n) is 5.49. The van der Waals surface area contributed by atoms with E-state index in [1.807, 2.05) is 0 Å². The summed E-state index contributed by atoms with van der Waals surface area (Å²) >= 11 is 0. The van der Waals surface area contributed by atoms with Crippen LogP contribution in [0.15, 0.2) is 54.7 Å². The molecule has 0 spiro atoms. The highest BCUT2D eigenvalue weighted by atomic mass is 19.1. The number of amides is 1. The van der Waals surface area contributed by atoms with Crippen molar-refractivity contribution in [3.8, 4) is 11.4 Å². The molecule has 0 saturated heterocycles. The lowest BCUT2D eigenvalue weighted by Crippen LogP contribution is -2.14. The Labute approximate surface area is 154 Å². The van der Waals surface area contributed by atoms with Crippen molar-refractivity contribution < 1.29 is 23.5 Å². The summed E-state index contributed by atoms with van der Waals surface area (Å²) in [7, 11) is 2.72. The van der Waals surface area contributed by atoms with Crippen LogP contribution in [0.5, 0.6) is 5.75 Å². The molecule has 0 saturated carbocycles. The lowest BCUT2D eigenvalue weighted by atomic mass is 10.2. The molecule has 2 aromatic carbocycles. The van der Waals surface area contributed by atoms with Crippen molar-refractivity contribution in [3.63, 3.8) is 0 Å². The predicted octanol–water partition coefficient (Wildman–Crippen LogP) is 3.06. The third-order valence-corrected chi connectivity index (χ3v) is 3.77. The van der Waals surface area contributed by atoms with E-state index in [0.29, 0.717) is 16.9 Å². The maximum Gasteiger partial charge on any atom is 0.337 e. The molecule has 1 amide bonds. The molecular weight excluding hydrogens is 353 g/mol. The van der Waals surface area contributed by atoms with Gasteiger partial charge in [0.25, 0.3) is 5.91 Å². The second kappa shape index (κ2) is 7.69. The zero-order valence-electron chi connectivity index (χ0n) is 14.6. The van der Waals surface area contributed by atoms with Gasteiger partial charge in [0.15, 0.2) is 11.4 Å². The number of rotatable bonds is 5. The number of benzene rings is 2. The highest BCUT2D eigenvalue weighted by Crippen LogP contribution is 2.21. The fourth-order valence-electron chi connectivity index (χ4n) is 2.39. The summed E-state index contributed by atoms with van der Waals surface area (Å²) < 4.78 is 24.3. The Bertz CT molecular complexity index is 966. The fourth-order valence-corrected chi connectivity index (χ4v) is 2.39. The molecule has 8 heteroatoms. The number of nitrogens with one attached hydrogen (secondary N) is 1. The van der Waals surface area contributed by atoms with E-state index in [9.17, 15) is 14.0 Å². The fraction of sp³-hybridized carbons (Fsp3) is 0.105. The highest BCUT2D eigenvalue weighted by molar-refractivity contribution is 6.05. The van der Waals surface area contributed by atoms with Gasteiger partial charge in [-0.1, -0.05) is 0 Å². The van der Waals surface area contributed by atoms with Crippen molar-refractivity contribution in [2.45, 2.75) is 0 Å². The number of anilines is 1. The van der Waals surface area contributed by atoms with E-state index in [1.165, 1.54) is 61.5 Å². The number of esters is 1. The van der Waals surface area contributed by atoms with Gasteiger partial charge in [0.2, 0.25) is 0 Å². The Hall–Kier alpha value is -3.68. The summed E-state index contributed by atoms with van der Waals surface area (Å²) in [5.74, 6) is -1.06. The molecule has 0 radical (unpaired) electrons. The normalized spacial score (nSPS) is 10.3. The van der Waals surface area contributed by atoms with Gasteiger partial charge in [-0.3, -0.25) is 4.79 Å². The third-order valence-electron chi connectivity index (χ3n) is 3.77. The van der Waals surface area contributed by atoms with Crippen LogP contribution < -0.4 is 10.1 Å². The zero-order valence-corrected chi connectivity index (χ0v) is 14.6. The van der Waals surface area contributed by atoms with E-state index in [0.717, 1.165) is 0 Å². The standard InChI is InChI=1S/C19H16FN3O4/c1-26-16-11-23(15-9-5-13(20)6-10-15)22-17(16)18(24)21-14-7-3-12(4-8-14)19(25)27-2/h3-11H,1-2H3,(H,21,24). The molecular formula is C19H16FN3O4. The van der Waals surface area contributed by atoms with Crippen LogP contribution in [0.25, 0.3) is 5.69 Å². The summed E-state index contributed by atoms with van der Waals surface area (Å²) in [5, 5.41) is 6.90.